The maximum absolute atomic E-state index is 13.0. The van der Waals surface area contributed by atoms with Crippen LogP contribution in [-0.4, -0.2) is 16.6 Å². The molecule has 0 bridgehead atoms. The van der Waals surface area contributed by atoms with Gasteiger partial charge in [0.1, 0.15) is 5.82 Å². The average Bonchev–Trinajstić information content (AvgIpc) is 3.69. The van der Waals surface area contributed by atoms with Crippen LogP contribution in [0.4, 0.5) is 17.2 Å². The quantitative estimate of drug-likeness (QED) is 0.154. The molecule has 3 aromatic heterocycles. The largest absolute Gasteiger partial charge is 0.295 e. The van der Waals surface area contributed by atoms with Crippen LogP contribution in [0.25, 0.3) is 25.9 Å². The summed E-state index contributed by atoms with van der Waals surface area (Å²) in [5.41, 5.74) is 6.81. The van der Waals surface area contributed by atoms with E-state index in [2.05, 4.69) is 55.1 Å². The monoisotopic (exact) mass is 580 g/mol. The lowest BCUT2D eigenvalue weighted by atomic mass is 9.83. The molecule has 0 fully saturated rings. The number of para-hydroxylation sites is 2. The number of carbonyl (C=O) groups excluding carboxylic acids is 2. The topological polar surface area (TPSA) is 50.3 Å². The minimum absolute atomic E-state index is 0.190. The van der Waals surface area contributed by atoms with Gasteiger partial charge in [-0.1, -0.05) is 74.5 Å². The molecule has 202 valence electrons. The first kappa shape index (κ1) is 25.1. The normalized spacial score (nSPS) is 14.7. The fourth-order valence-electron chi connectivity index (χ4n) is 6.25. The van der Waals surface area contributed by atoms with Gasteiger partial charge in [0.05, 0.1) is 10.3 Å². The van der Waals surface area contributed by atoms with Gasteiger partial charge in [0, 0.05) is 54.1 Å². The highest BCUT2D eigenvalue weighted by Gasteiger charge is 2.40. The van der Waals surface area contributed by atoms with E-state index >= 15 is 0 Å². The SMILES string of the molecule is CC1(C)c2cc(N(c3ccccc3)c3ccccc3)ncc2-c2sc3cc(C=C4C(=O)c5ccccc5C4=O)sc3c21. The number of hydrogen-bond acceptors (Lipinski definition) is 6. The maximum atomic E-state index is 13.0. The molecule has 0 saturated heterocycles. The van der Waals surface area contributed by atoms with Crippen LogP contribution in [0, 0.1) is 0 Å². The van der Waals surface area contributed by atoms with Gasteiger partial charge >= 0.3 is 0 Å². The van der Waals surface area contributed by atoms with E-state index in [1.165, 1.54) is 31.0 Å². The number of rotatable bonds is 4. The Bertz CT molecular complexity index is 2030. The van der Waals surface area contributed by atoms with Crippen LogP contribution >= 0.6 is 22.7 Å². The predicted octanol–water partition coefficient (Wildman–Crippen LogP) is 9.60. The lowest BCUT2D eigenvalue weighted by Gasteiger charge is -2.27. The summed E-state index contributed by atoms with van der Waals surface area (Å²) in [6, 6.07) is 32.1. The average molecular weight is 581 g/mol. The van der Waals surface area contributed by atoms with Gasteiger partial charge in [-0.15, -0.1) is 22.7 Å². The van der Waals surface area contributed by atoms with E-state index in [1.807, 2.05) is 42.6 Å². The Morgan fingerprint density at radius 1 is 0.738 bits per heavy atom. The molecule has 0 N–H and O–H groups in total. The van der Waals surface area contributed by atoms with Crippen LogP contribution in [0.15, 0.2) is 109 Å². The number of Topliss-reactive ketones (excluding diaryl/α,β-unsaturated/α-hetero) is 2. The summed E-state index contributed by atoms with van der Waals surface area (Å²) >= 11 is 3.42. The minimum Gasteiger partial charge on any atom is -0.295 e. The zero-order valence-corrected chi connectivity index (χ0v) is 24.6. The Morgan fingerprint density at radius 2 is 1.33 bits per heavy atom. The maximum Gasteiger partial charge on any atom is 0.197 e. The summed E-state index contributed by atoms with van der Waals surface area (Å²) < 4.78 is 2.38. The van der Waals surface area contributed by atoms with Gasteiger partial charge in [-0.2, -0.15) is 0 Å². The van der Waals surface area contributed by atoms with E-state index in [-0.39, 0.29) is 22.6 Å². The van der Waals surface area contributed by atoms with Crippen LogP contribution in [0.3, 0.4) is 0 Å². The first-order valence-electron chi connectivity index (χ1n) is 13.8. The van der Waals surface area contributed by atoms with E-state index in [0.717, 1.165) is 22.1 Å². The van der Waals surface area contributed by atoms with Crippen LogP contribution in [-0.2, 0) is 5.41 Å². The third-order valence-electron chi connectivity index (χ3n) is 8.27. The Hall–Kier alpha value is -4.65. The third kappa shape index (κ3) is 3.62. The fraction of sp³-hybridized carbons (Fsp3) is 0.0833. The molecule has 0 amide bonds. The van der Waals surface area contributed by atoms with Crippen LogP contribution in [0.5, 0.6) is 0 Å². The Morgan fingerprint density at radius 3 is 1.95 bits per heavy atom. The van der Waals surface area contributed by atoms with Gasteiger partial charge < -0.3 is 0 Å². The van der Waals surface area contributed by atoms with Gasteiger partial charge in [-0.25, -0.2) is 4.98 Å². The van der Waals surface area contributed by atoms with Gasteiger partial charge in [-0.3, -0.25) is 14.5 Å². The smallest absolute Gasteiger partial charge is 0.197 e. The number of hydrogen-bond donors (Lipinski definition) is 0. The van der Waals surface area contributed by atoms with Gasteiger partial charge in [-0.05, 0) is 53.6 Å². The molecule has 2 aliphatic carbocycles. The molecular formula is C36H24N2O2S2. The standard InChI is InChI=1S/C36H24N2O2S2/c1-36(2)28-19-30(38(21-11-5-3-6-12-21)22-13-7-4-8-14-22)37-20-27(28)34-31(36)35-29(42-34)18-23(41-35)17-26-32(39)24-15-9-10-16-25(24)33(26)40/h3-20H,1-2H3. The van der Waals surface area contributed by atoms with Crippen molar-refractivity contribution in [3.8, 4) is 10.4 Å². The number of benzene rings is 3. The van der Waals surface area contributed by atoms with Crippen LogP contribution in [0.1, 0.15) is 50.6 Å². The summed E-state index contributed by atoms with van der Waals surface area (Å²) in [5, 5.41) is 0. The zero-order chi connectivity index (χ0) is 28.6. The number of aromatic nitrogens is 1. The van der Waals surface area contributed by atoms with Crippen molar-refractivity contribution in [2.45, 2.75) is 19.3 Å². The molecule has 42 heavy (non-hydrogen) atoms. The number of thiophene rings is 2. The third-order valence-corrected chi connectivity index (χ3v) is 10.7. The summed E-state index contributed by atoms with van der Waals surface area (Å²) in [4.78, 5) is 35.4. The van der Waals surface area contributed by atoms with Crippen molar-refractivity contribution >= 4 is 66.9 Å². The molecule has 0 aliphatic heterocycles. The lowest BCUT2D eigenvalue weighted by Crippen LogP contribution is -2.17. The van der Waals surface area contributed by atoms with E-state index in [1.54, 1.807) is 53.0 Å². The highest BCUT2D eigenvalue weighted by atomic mass is 32.1. The molecule has 0 unspecified atom stereocenters. The van der Waals surface area contributed by atoms with Crippen LogP contribution < -0.4 is 4.90 Å². The number of ketones is 2. The van der Waals surface area contributed by atoms with E-state index in [0.29, 0.717) is 11.1 Å². The van der Waals surface area contributed by atoms with Gasteiger partial charge in [0.25, 0.3) is 0 Å². The van der Waals surface area contributed by atoms with E-state index < -0.39 is 0 Å². The summed E-state index contributed by atoms with van der Waals surface area (Å²) in [5.74, 6) is 0.496. The van der Waals surface area contributed by atoms with Crippen molar-refractivity contribution in [3.63, 3.8) is 0 Å². The molecule has 0 atom stereocenters. The fourth-order valence-corrected chi connectivity index (χ4v) is 9.18. The summed E-state index contributed by atoms with van der Waals surface area (Å²) in [7, 11) is 0. The van der Waals surface area contributed by atoms with Crippen molar-refractivity contribution in [3.05, 3.63) is 136 Å². The number of allylic oxidation sites excluding steroid dienone is 1. The van der Waals surface area contributed by atoms with Crippen LogP contribution in [0.2, 0.25) is 0 Å². The highest BCUT2D eigenvalue weighted by Crippen LogP contribution is 2.57. The number of pyridine rings is 1. The predicted molar refractivity (Wildman–Crippen MR) is 173 cm³/mol. The number of carbonyl (C=O) groups is 2. The number of nitrogens with zero attached hydrogens (tertiary/aromatic N) is 2. The number of fused-ring (bicyclic) bond motifs is 6. The van der Waals surface area contributed by atoms with Gasteiger partial charge in [0.2, 0.25) is 0 Å². The van der Waals surface area contributed by atoms with Crippen molar-refractivity contribution in [1.29, 1.82) is 0 Å². The van der Waals surface area contributed by atoms with E-state index in [4.69, 9.17) is 4.98 Å². The zero-order valence-electron chi connectivity index (χ0n) is 22.9. The lowest BCUT2D eigenvalue weighted by molar-refractivity contribution is 0.0990. The van der Waals surface area contributed by atoms with Crippen molar-refractivity contribution in [2.75, 3.05) is 4.90 Å². The molecule has 0 saturated carbocycles. The molecule has 6 heteroatoms. The second kappa shape index (κ2) is 9.18. The Kier molecular flexibility index (Phi) is 5.48. The first-order valence-corrected chi connectivity index (χ1v) is 15.4. The molecule has 6 aromatic rings. The Labute approximate surface area is 251 Å². The molecule has 4 nitrogen and oxygen atoms in total. The highest BCUT2D eigenvalue weighted by molar-refractivity contribution is 7.30. The number of anilines is 3. The first-order chi connectivity index (χ1) is 20.4. The van der Waals surface area contributed by atoms with Crippen molar-refractivity contribution in [2.24, 2.45) is 0 Å². The molecule has 0 spiro atoms. The second-order valence-corrected chi connectivity index (χ2v) is 13.3. The molecule has 3 heterocycles. The van der Waals surface area contributed by atoms with Crippen molar-refractivity contribution < 1.29 is 9.59 Å². The second-order valence-electron chi connectivity index (χ2n) is 11.1. The molecule has 3 aromatic carbocycles. The minimum atomic E-state index is -0.246. The molecular weight excluding hydrogens is 557 g/mol. The summed E-state index contributed by atoms with van der Waals surface area (Å²) in [6.07, 6.45) is 3.80. The summed E-state index contributed by atoms with van der Waals surface area (Å²) in [6.45, 7) is 4.56. The van der Waals surface area contributed by atoms with Gasteiger partial charge in [0.15, 0.2) is 11.6 Å². The molecule has 2 aliphatic rings. The Balaban J connectivity index is 1.21. The molecule has 0 radical (unpaired) electrons. The van der Waals surface area contributed by atoms with E-state index in [9.17, 15) is 9.59 Å². The van der Waals surface area contributed by atoms with Crippen molar-refractivity contribution in [1.82, 2.24) is 4.98 Å². The molecule has 8 rings (SSSR count).